The van der Waals surface area contributed by atoms with Crippen LogP contribution < -0.4 is 0 Å². The van der Waals surface area contributed by atoms with Gasteiger partial charge in [0.25, 0.3) is 5.91 Å². The molecule has 1 amide bonds. The average Bonchev–Trinajstić information content (AvgIpc) is 3.13. The van der Waals surface area contributed by atoms with Crippen molar-refractivity contribution in [2.75, 3.05) is 18.6 Å². The quantitative estimate of drug-likeness (QED) is 0.733. The minimum atomic E-state index is -3.14. The van der Waals surface area contributed by atoms with Crippen molar-refractivity contribution in [1.29, 1.82) is 0 Å². The molecule has 1 aromatic heterocycles. The number of hydrogen-bond acceptors (Lipinski definition) is 6. The number of fused-ring (bicyclic) bond motifs is 1. The van der Waals surface area contributed by atoms with Gasteiger partial charge in [-0.15, -0.1) is 0 Å². The Morgan fingerprint density at radius 1 is 1.37 bits per heavy atom. The molecule has 0 saturated carbocycles. The summed E-state index contributed by atoms with van der Waals surface area (Å²) in [5.41, 5.74) is 0.762. The van der Waals surface area contributed by atoms with E-state index < -0.39 is 39.7 Å². The predicted octanol–water partition coefficient (Wildman–Crippen LogP) is 2.07. The van der Waals surface area contributed by atoms with Crippen LogP contribution >= 0.6 is 0 Å². The smallest absolute Gasteiger partial charge is 0.375 e. The molecule has 1 aliphatic rings. The highest BCUT2D eigenvalue weighted by molar-refractivity contribution is 7.91. The summed E-state index contributed by atoms with van der Waals surface area (Å²) in [5, 5.41) is 0.453. The number of amides is 1. The van der Waals surface area contributed by atoms with Crippen molar-refractivity contribution in [2.45, 2.75) is 32.4 Å². The minimum absolute atomic E-state index is 0.0399. The standard InChI is InChI=1S/C18H20FNO6S/c1-10-14-8-12(19)4-5-15(14)26-16(10)18(22)25-11(2)17(21)20(3)13-6-7-27(23,24)9-13/h4-5,8,11,13H,6-7,9H2,1-3H3/t11-,13-/m0/s1. The zero-order valence-corrected chi connectivity index (χ0v) is 16.0. The molecule has 9 heteroatoms. The van der Waals surface area contributed by atoms with Crippen molar-refractivity contribution in [3.63, 3.8) is 0 Å². The first-order valence-corrected chi connectivity index (χ1v) is 10.3. The molecule has 1 aromatic carbocycles. The largest absolute Gasteiger partial charge is 0.449 e. The number of rotatable bonds is 4. The van der Waals surface area contributed by atoms with Crippen molar-refractivity contribution < 1.29 is 31.6 Å². The number of nitrogens with zero attached hydrogens (tertiary/aromatic N) is 1. The zero-order valence-electron chi connectivity index (χ0n) is 15.2. The Hall–Kier alpha value is -2.42. The molecule has 3 rings (SSSR count). The van der Waals surface area contributed by atoms with Gasteiger partial charge in [-0.3, -0.25) is 4.79 Å². The van der Waals surface area contributed by atoms with Gasteiger partial charge in [-0.1, -0.05) is 0 Å². The Morgan fingerprint density at radius 3 is 2.70 bits per heavy atom. The molecular formula is C18H20FNO6S. The molecule has 0 unspecified atom stereocenters. The molecule has 0 spiro atoms. The Balaban J connectivity index is 1.72. The van der Waals surface area contributed by atoms with Crippen molar-refractivity contribution in [3.05, 3.63) is 35.3 Å². The highest BCUT2D eigenvalue weighted by Crippen LogP contribution is 2.27. The second-order valence-electron chi connectivity index (χ2n) is 6.75. The summed E-state index contributed by atoms with van der Waals surface area (Å²) < 4.78 is 47.2. The maximum absolute atomic E-state index is 13.4. The second kappa shape index (κ2) is 6.95. The van der Waals surface area contributed by atoms with Gasteiger partial charge in [0.15, 0.2) is 15.9 Å². The molecule has 0 bridgehead atoms. The van der Waals surface area contributed by atoms with Crippen LogP contribution in [0, 0.1) is 12.7 Å². The fraction of sp³-hybridized carbons (Fsp3) is 0.444. The third-order valence-electron chi connectivity index (χ3n) is 4.82. The average molecular weight is 397 g/mol. The van der Waals surface area contributed by atoms with E-state index in [1.807, 2.05) is 0 Å². The van der Waals surface area contributed by atoms with E-state index in [0.29, 0.717) is 23.0 Å². The van der Waals surface area contributed by atoms with Crippen LogP contribution in [0.2, 0.25) is 0 Å². The predicted molar refractivity (Wildman–Crippen MR) is 95.6 cm³/mol. The summed E-state index contributed by atoms with van der Waals surface area (Å²) in [6.07, 6.45) is -0.755. The highest BCUT2D eigenvalue weighted by Gasteiger charge is 2.35. The monoisotopic (exact) mass is 397 g/mol. The minimum Gasteiger partial charge on any atom is -0.449 e. The highest BCUT2D eigenvalue weighted by atomic mass is 32.2. The molecule has 0 aliphatic carbocycles. The van der Waals surface area contributed by atoms with E-state index in [0.717, 1.165) is 0 Å². The van der Waals surface area contributed by atoms with Gasteiger partial charge in [-0.25, -0.2) is 17.6 Å². The second-order valence-corrected chi connectivity index (χ2v) is 8.98. The van der Waals surface area contributed by atoms with Gasteiger partial charge in [-0.05, 0) is 38.5 Å². The summed E-state index contributed by atoms with van der Waals surface area (Å²) >= 11 is 0. The van der Waals surface area contributed by atoms with Crippen molar-refractivity contribution in [1.82, 2.24) is 4.90 Å². The van der Waals surface area contributed by atoms with E-state index in [2.05, 4.69) is 0 Å². The summed E-state index contributed by atoms with van der Waals surface area (Å²) in [5.74, 6) is -1.94. The molecule has 1 aliphatic heterocycles. The third kappa shape index (κ3) is 3.83. The Kier molecular flexibility index (Phi) is 4.98. The number of likely N-dealkylation sites (N-methyl/N-ethyl adjacent to an activating group) is 1. The number of hydrogen-bond donors (Lipinski definition) is 0. The number of carbonyl (C=O) groups excluding carboxylic acids is 2. The lowest BCUT2D eigenvalue weighted by atomic mass is 10.1. The first-order valence-electron chi connectivity index (χ1n) is 8.46. The first-order chi connectivity index (χ1) is 12.6. The van der Waals surface area contributed by atoms with Gasteiger partial charge < -0.3 is 14.1 Å². The number of esters is 1. The van der Waals surface area contributed by atoms with Crippen molar-refractivity contribution in [3.8, 4) is 0 Å². The molecule has 0 radical (unpaired) electrons. The summed E-state index contributed by atoms with van der Waals surface area (Å²) in [7, 11) is -1.64. The fourth-order valence-corrected chi connectivity index (χ4v) is 4.97. The normalized spacial score (nSPS) is 19.8. The van der Waals surface area contributed by atoms with E-state index in [1.54, 1.807) is 6.92 Å². The molecule has 2 heterocycles. The van der Waals surface area contributed by atoms with Crippen LogP contribution in [0.15, 0.2) is 22.6 Å². The van der Waals surface area contributed by atoms with E-state index in [9.17, 15) is 22.4 Å². The van der Waals surface area contributed by atoms with E-state index in [-0.39, 0.29) is 17.3 Å². The molecular weight excluding hydrogens is 377 g/mol. The van der Waals surface area contributed by atoms with Gasteiger partial charge in [0, 0.05) is 24.0 Å². The summed E-state index contributed by atoms with van der Waals surface area (Å²) in [6, 6.07) is 3.46. The molecule has 2 aromatic rings. The molecule has 7 nitrogen and oxygen atoms in total. The van der Waals surface area contributed by atoms with Crippen LogP contribution in [-0.4, -0.2) is 55.9 Å². The number of aryl methyl sites for hydroxylation is 1. The Labute approximate surface area is 156 Å². The lowest BCUT2D eigenvalue weighted by Gasteiger charge is -2.26. The van der Waals surface area contributed by atoms with Crippen LogP contribution in [-0.2, 0) is 19.4 Å². The third-order valence-corrected chi connectivity index (χ3v) is 6.57. The number of furan rings is 1. The van der Waals surface area contributed by atoms with Crippen LogP contribution in [0.5, 0.6) is 0 Å². The van der Waals surface area contributed by atoms with Crippen LogP contribution in [0.4, 0.5) is 4.39 Å². The first kappa shape index (κ1) is 19.3. The molecule has 0 N–H and O–H groups in total. The maximum atomic E-state index is 13.4. The van der Waals surface area contributed by atoms with E-state index in [1.165, 1.54) is 37.1 Å². The number of benzene rings is 1. The van der Waals surface area contributed by atoms with Crippen LogP contribution in [0.3, 0.4) is 0 Å². The van der Waals surface area contributed by atoms with Gasteiger partial charge in [-0.2, -0.15) is 0 Å². The van der Waals surface area contributed by atoms with Crippen LogP contribution in [0.25, 0.3) is 11.0 Å². The van der Waals surface area contributed by atoms with Crippen LogP contribution in [0.1, 0.15) is 29.5 Å². The van der Waals surface area contributed by atoms with Gasteiger partial charge >= 0.3 is 5.97 Å². The van der Waals surface area contributed by atoms with Crippen molar-refractivity contribution in [2.24, 2.45) is 0 Å². The summed E-state index contributed by atoms with van der Waals surface area (Å²) in [6.45, 7) is 3.02. The molecule has 27 heavy (non-hydrogen) atoms. The topological polar surface area (TPSA) is 93.9 Å². The lowest BCUT2D eigenvalue weighted by Crippen LogP contribution is -2.44. The molecule has 2 atom stereocenters. The SMILES string of the molecule is Cc1c(C(=O)O[C@@H](C)C(=O)N(C)[C@H]2CCS(=O)(=O)C2)oc2ccc(F)cc12. The fourth-order valence-electron chi connectivity index (χ4n) is 3.20. The number of sulfone groups is 1. The zero-order chi connectivity index (χ0) is 19.9. The molecule has 1 saturated heterocycles. The van der Waals surface area contributed by atoms with Gasteiger partial charge in [0.05, 0.1) is 11.5 Å². The van der Waals surface area contributed by atoms with Gasteiger partial charge in [0.2, 0.25) is 5.76 Å². The number of halogens is 1. The Bertz CT molecular complexity index is 1010. The lowest BCUT2D eigenvalue weighted by molar-refractivity contribution is -0.140. The van der Waals surface area contributed by atoms with Crippen molar-refractivity contribution >= 4 is 32.7 Å². The molecule has 1 fully saturated rings. The van der Waals surface area contributed by atoms with E-state index in [4.69, 9.17) is 9.15 Å². The maximum Gasteiger partial charge on any atom is 0.375 e. The number of ether oxygens (including phenoxy) is 1. The summed E-state index contributed by atoms with van der Waals surface area (Å²) in [4.78, 5) is 26.2. The molecule has 146 valence electrons. The van der Waals surface area contributed by atoms with Gasteiger partial charge in [0.1, 0.15) is 11.4 Å². The number of carbonyl (C=O) groups is 2. The van der Waals surface area contributed by atoms with E-state index >= 15 is 0 Å². The Morgan fingerprint density at radius 2 is 2.07 bits per heavy atom.